The normalized spacial score (nSPS) is 14.1. The molecule has 0 amide bonds. The van der Waals surface area contributed by atoms with Crippen molar-refractivity contribution in [2.75, 3.05) is 5.01 Å². The predicted molar refractivity (Wildman–Crippen MR) is 101 cm³/mol. The van der Waals surface area contributed by atoms with E-state index in [9.17, 15) is 5.11 Å². The Morgan fingerprint density at radius 3 is 1.80 bits per heavy atom. The average molecular weight is 327 g/mol. The van der Waals surface area contributed by atoms with Gasteiger partial charge in [-0.3, -0.25) is 0 Å². The molecule has 4 nitrogen and oxygen atoms in total. The van der Waals surface area contributed by atoms with Gasteiger partial charge in [0.25, 0.3) is 0 Å². The summed E-state index contributed by atoms with van der Waals surface area (Å²) in [6.45, 7) is 0. The van der Waals surface area contributed by atoms with Crippen molar-refractivity contribution in [3.05, 3.63) is 108 Å². The zero-order valence-electron chi connectivity index (χ0n) is 13.5. The maximum atomic E-state index is 11.0. The largest absolute Gasteiger partial charge is 0.504 e. The number of anilines is 1. The molecule has 0 radical (unpaired) electrons. The van der Waals surface area contributed by atoms with Crippen LogP contribution in [0.3, 0.4) is 0 Å². The molecule has 0 saturated heterocycles. The van der Waals surface area contributed by atoms with Crippen molar-refractivity contribution in [3.8, 4) is 0 Å². The molecule has 1 heterocycles. The van der Waals surface area contributed by atoms with Crippen LogP contribution in [0.15, 0.2) is 102 Å². The zero-order valence-corrected chi connectivity index (χ0v) is 13.5. The monoisotopic (exact) mass is 327 g/mol. The highest BCUT2D eigenvalue weighted by Gasteiger charge is 2.26. The Kier molecular flexibility index (Phi) is 3.92. The van der Waals surface area contributed by atoms with Crippen LogP contribution in [0.5, 0.6) is 0 Å². The third-order valence-electron chi connectivity index (χ3n) is 4.04. The third kappa shape index (κ3) is 2.85. The molecule has 0 fully saturated rings. The molecule has 0 aromatic heterocycles. The number of nitrogens with zero attached hydrogens (tertiary/aromatic N) is 2. The van der Waals surface area contributed by atoms with Gasteiger partial charge in [-0.25, -0.2) is 10.5 Å². The van der Waals surface area contributed by atoms with Gasteiger partial charge in [-0.1, -0.05) is 78.9 Å². The Labute approximate surface area is 146 Å². The van der Waals surface area contributed by atoms with E-state index in [1.807, 2.05) is 91.0 Å². The van der Waals surface area contributed by atoms with Gasteiger partial charge in [0.2, 0.25) is 0 Å². The SMILES string of the molecule is OC1=C(c2ccccc2)N(c2ccccc2)NN=C1c1ccccc1. The fourth-order valence-corrected chi connectivity index (χ4v) is 2.84. The number of para-hydroxylation sites is 1. The van der Waals surface area contributed by atoms with Crippen LogP contribution in [-0.4, -0.2) is 10.8 Å². The van der Waals surface area contributed by atoms with Gasteiger partial charge in [0.15, 0.2) is 5.76 Å². The first-order valence-corrected chi connectivity index (χ1v) is 8.07. The minimum absolute atomic E-state index is 0.139. The zero-order chi connectivity index (χ0) is 17.1. The first kappa shape index (κ1) is 15.0. The summed E-state index contributed by atoms with van der Waals surface area (Å²) >= 11 is 0. The number of hydrogen-bond donors (Lipinski definition) is 2. The van der Waals surface area contributed by atoms with Crippen molar-refractivity contribution >= 4 is 17.1 Å². The van der Waals surface area contributed by atoms with Crippen LogP contribution in [0.25, 0.3) is 5.70 Å². The Morgan fingerprint density at radius 1 is 0.680 bits per heavy atom. The van der Waals surface area contributed by atoms with Crippen LogP contribution < -0.4 is 10.5 Å². The van der Waals surface area contributed by atoms with Gasteiger partial charge in [0, 0.05) is 11.1 Å². The Hall–Kier alpha value is -3.53. The molecule has 1 aliphatic heterocycles. The van der Waals surface area contributed by atoms with E-state index in [0.29, 0.717) is 11.4 Å². The predicted octanol–water partition coefficient (Wildman–Crippen LogP) is 4.34. The number of hydrazine groups is 1. The second-order valence-electron chi connectivity index (χ2n) is 5.66. The summed E-state index contributed by atoms with van der Waals surface area (Å²) in [7, 11) is 0. The Morgan fingerprint density at radius 2 is 1.20 bits per heavy atom. The summed E-state index contributed by atoms with van der Waals surface area (Å²) in [6.07, 6.45) is 0. The highest BCUT2D eigenvalue weighted by Crippen LogP contribution is 2.30. The van der Waals surface area contributed by atoms with Gasteiger partial charge < -0.3 is 5.11 Å². The van der Waals surface area contributed by atoms with Crippen LogP contribution in [0, 0.1) is 0 Å². The van der Waals surface area contributed by atoms with E-state index in [-0.39, 0.29) is 5.76 Å². The van der Waals surface area contributed by atoms with E-state index < -0.39 is 0 Å². The number of allylic oxidation sites excluding steroid dienone is 1. The molecule has 0 bridgehead atoms. The lowest BCUT2D eigenvalue weighted by molar-refractivity contribution is 0.438. The van der Waals surface area contributed by atoms with Crippen LogP contribution >= 0.6 is 0 Å². The van der Waals surface area contributed by atoms with E-state index in [0.717, 1.165) is 16.8 Å². The first-order chi connectivity index (χ1) is 12.3. The molecule has 3 aromatic rings. The number of hydrogen-bond acceptors (Lipinski definition) is 4. The molecule has 25 heavy (non-hydrogen) atoms. The molecule has 122 valence electrons. The topological polar surface area (TPSA) is 47.9 Å². The summed E-state index contributed by atoms with van der Waals surface area (Å²) in [5, 5.41) is 17.2. The number of benzene rings is 3. The average Bonchev–Trinajstić information content (AvgIpc) is 2.70. The minimum Gasteiger partial charge on any atom is -0.504 e. The lowest BCUT2D eigenvalue weighted by Gasteiger charge is -2.31. The lowest BCUT2D eigenvalue weighted by atomic mass is 10.0. The van der Waals surface area contributed by atoms with Crippen molar-refractivity contribution < 1.29 is 5.11 Å². The lowest BCUT2D eigenvalue weighted by Crippen LogP contribution is -2.39. The standard InChI is InChI=1S/C21H17N3O/c25-21-19(16-10-4-1-5-11-16)22-23-24(18-14-8-3-9-15-18)20(21)17-12-6-2-7-13-17/h1-15,23,25H. The van der Waals surface area contributed by atoms with Crippen molar-refractivity contribution in [1.82, 2.24) is 5.53 Å². The molecular weight excluding hydrogens is 310 g/mol. The van der Waals surface area contributed by atoms with Crippen LogP contribution in [-0.2, 0) is 0 Å². The Balaban J connectivity index is 1.87. The third-order valence-corrected chi connectivity index (χ3v) is 4.04. The quantitative estimate of drug-likeness (QED) is 0.752. The second kappa shape index (κ2) is 6.53. The molecule has 0 atom stereocenters. The van der Waals surface area contributed by atoms with Gasteiger partial charge in [-0.15, -0.1) is 0 Å². The number of hydrazone groups is 1. The van der Waals surface area contributed by atoms with Gasteiger partial charge in [-0.2, -0.15) is 5.10 Å². The molecule has 0 unspecified atom stereocenters. The van der Waals surface area contributed by atoms with E-state index in [1.54, 1.807) is 5.01 Å². The molecule has 0 spiro atoms. The number of aliphatic hydroxyl groups excluding tert-OH is 1. The number of rotatable bonds is 3. The molecular formula is C21H17N3O. The summed E-state index contributed by atoms with van der Waals surface area (Å²) < 4.78 is 0. The van der Waals surface area contributed by atoms with E-state index >= 15 is 0 Å². The first-order valence-electron chi connectivity index (χ1n) is 8.07. The van der Waals surface area contributed by atoms with Gasteiger partial charge >= 0.3 is 0 Å². The van der Waals surface area contributed by atoms with Gasteiger partial charge in [-0.05, 0) is 12.1 Å². The summed E-state index contributed by atoms with van der Waals surface area (Å²) in [6, 6.07) is 29.2. The van der Waals surface area contributed by atoms with Crippen LogP contribution in [0.4, 0.5) is 5.69 Å². The molecule has 4 rings (SSSR count). The summed E-state index contributed by atoms with van der Waals surface area (Å²) in [4.78, 5) is 0. The molecule has 3 aromatic carbocycles. The van der Waals surface area contributed by atoms with Gasteiger partial charge in [0.1, 0.15) is 11.4 Å². The molecule has 0 saturated carbocycles. The maximum Gasteiger partial charge on any atom is 0.170 e. The van der Waals surface area contributed by atoms with Crippen LogP contribution in [0.1, 0.15) is 11.1 Å². The maximum absolute atomic E-state index is 11.0. The van der Waals surface area contributed by atoms with E-state index in [2.05, 4.69) is 10.6 Å². The molecule has 4 heteroatoms. The summed E-state index contributed by atoms with van der Waals surface area (Å²) in [5.74, 6) is 0.139. The van der Waals surface area contributed by atoms with E-state index in [1.165, 1.54) is 0 Å². The highest BCUT2D eigenvalue weighted by atomic mass is 16.3. The fraction of sp³-hybridized carbons (Fsp3) is 0. The second-order valence-corrected chi connectivity index (χ2v) is 5.66. The highest BCUT2D eigenvalue weighted by molar-refractivity contribution is 6.16. The molecule has 0 aliphatic carbocycles. The van der Waals surface area contributed by atoms with E-state index in [4.69, 9.17) is 0 Å². The molecule has 2 N–H and O–H groups in total. The Bertz CT molecular complexity index is 919. The fourth-order valence-electron chi connectivity index (χ4n) is 2.84. The van der Waals surface area contributed by atoms with Crippen molar-refractivity contribution in [3.63, 3.8) is 0 Å². The van der Waals surface area contributed by atoms with Crippen molar-refractivity contribution in [2.45, 2.75) is 0 Å². The van der Waals surface area contributed by atoms with Crippen LogP contribution in [0.2, 0.25) is 0 Å². The minimum atomic E-state index is 0.139. The van der Waals surface area contributed by atoms with Crippen molar-refractivity contribution in [1.29, 1.82) is 0 Å². The van der Waals surface area contributed by atoms with Gasteiger partial charge in [0.05, 0.1) is 5.69 Å². The molecule has 1 aliphatic rings. The van der Waals surface area contributed by atoms with Crippen molar-refractivity contribution in [2.24, 2.45) is 5.10 Å². The number of nitrogens with one attached hydrogen (secondary N) is 1. The smallest absolute Gasteiger partial charge is 0.170 e. The number of aliphatic hydroxyl groups is 1. The summed E-state index contributed by atoms with van der Waals surface area (Å²) in [5.41, 5.74) is 6.90.